The number of hydrogen-bond donors (Lipinski definition) is 1. The van der Waals surface area contributed by atoms with Crippen LogP contribution in [0.1, 0.15) is 41.4 Å². The molecule has 1 aliphatic heterocycles. The zero-order valence-electron chi connectivity index (χ0n) is 14.7. The lowest BCUT2D eigenvalue weighted by atomic mass is 9.76. The molecular weight excluding hydrogens is 300 g/mol. The summed E-state index contributed by atoms with van der Waals surface area (Å²) < 4.78 is 0. The van der Waals surface area contributed by atoms with Gasteiger partial charge in [0.15, 0.2) is 0 Å². The van der Waals surface area contributed by atoms with Crippen LogP contribution in [0.4, 0.5) is 0 Å². The van der Waals surface area contributed by atoms with Crippen LogP contribution in [0.2, 0.25) is 0 Å². The van der Waals surface area contributed by atoms with E-state index in [9.17, 15) is 4.79 Å². The Kier molecular flexibility index (Phi) is 4.71. The van der Waals surface area contributed by atoms with Crippen LogP contribution >= 0.6 is 0 Å². The molecule has 0 atom stereocenters. The number of rotatable bonds is 4. The van der Waals surface area contributed by atoms with E-state index in [0.29, 0.717) is 5.56 Å². The van der Waals surface area contributed by atoms with Gasteiger partial charge < -0.3 is 4.90 Å². The van der Waals surface area contributed by atoms with Crippen LogP contribution in [-0.4, -0.2) is 53.1 Å². The number of piperidine rings is 1. The normalized spacial score (nSPS) is 17.6. The molecule has 0 bridgehead atoms. The Balaban J connectivity index is 1.69. The number of benzene rings is 1. The highest BCUT2D eigenvalue weighted by Gasteiger charge is 2.36. The number of nitrogens with zero attached hydrogens (tertiary/aromatic N) is 3. The first-order valence-corrected chi connectivity index (χ1v) is 8.51. The standard InChI is InChI=1S/C19H26N4O/c1-19(17-16(13-20-21-17)18(24)22(2)3)9-11-23(12-10-19)14-15-7-5-4-6-8-15/h4-8,13H,9-12,14H2,1-3H3,(H,20,21). The molecule has 128 valence electrons. The highest BCUT2D eigenvalue weighted by Crippen LogP contribution is 2.36. The van der Waals surface area contributed by atoms with Crippen molar-refractivity contribution < 1.29 is 4.79 Å². The van der Waals surface area contributed by atoms with Gasteiger partial charge in [-0.1, -0.05) is 37.3 Å². The Morgan fingerprint density at radius 2 is 1.92 bits per heavy atom. The van der Waals surface area contributed by atoms with Crippen LogP contribution in [0.15, 0.2) is 36.5 Å². The molecule has 0 aliphatic carbocycles. The molecule has 0 unspecified atom stereocenters. The van der Waals surface area contributed by atoms with Gasteiger partial charge in [-0.3, -0.25) is 14.8 Å². The molecule has 24 heavy (non-hydrogen) atoms. The smallest absolute Gasteiger partial charge is 0.256 e. The average Bonchev–Trinajstić information content (AvgIpc) is 3.08. The molecular formula is C19H26N4O. The fraction of sp³-hybridized carbons (Fsp3) is 0.474. The summed E-state index contributed by atoms with van der Waals surface area (Å²) >= 11 is 0. The zero-order chi connectivity index (χ0) is 17.2. The predicted octanol–water partition coefficient (Wildman–Crippen LogP) is 2.67. The number of H-pyrrole nitrogens is 1. The van der Waals surface area contributed by atoms with E-state index in [-0.39, 0.29) is 11.3 Å². The Bertz CT molecular complexity index is 684. The summed E-state index contributed by atoms with van der Waals surface area (Å²) in [6.07, 6.45) is 3.71. The summed E-state index contributed by atoms with van der Waals surface area (Å²) in [5.41, 5.74) is 3.02. The van der Waals surface area contributed by atoms with Gasteiger partial charge in [0, 0.05) is 26.1 Å². The third-order valence-electron chi connectivity index (χ3n) is 5.09. The van der Waals surface area contributed by atoms with Crippen molar-refractivity contribution in [2.75, 3.05) is 27.2 Å². The van der Waals surface area contributed by atoms with Crippen LogP contribution in [0.5, 0.6) is 0 Å². The van der Waals surface area contributed by atoms with Gasteiger partial charge in [-0.25, -0.2) is 0 Å². The van der Waals surface area contributed by atoms with Crippen molar-refractivity contribution in [3.05, 3.63) is 53.3 Å². The average molecular weight is 326 g/mol. The largest absolute Gasteiger partial charge is 0.345 e. The molecule has 2 heterocycles. The molecule has 1 aliphatic rings. The zero-order valence-corrected chi connectivity index (χ0v) is 14.7. The van der Waals surface area contributed by atoms with Crippen molar-refractivity contribution in [1.82, 2.24) is 20.0 Å². The minimum Gasteiger partial charge on any atom is -0.345 e. The van der Waals surface area contributed by atoms with Crippen molar-refractivity contribution in [3.8, 4) is 0 Å². The maximum Gasteiger partial charge on any atom is 0.256 e. The van der Waals surface area contributed by atoms with Crippen molar-refractivity contribution in [1.29, 1.82) is 0 Å². The summed E-state index contributed by atoms with van der Waals surface area (Å²) in [5, 5.41) is 7.25. The van der Waals surface area contributed by atoms with Gasteiger partial charge in [0.1, 0.15) is 0 Å². The first kappa shape index (κ1) is 16.7. The first-order chi connectivity index (χ1) is 11.5. The molecule has 1 fully saturated rings. The Labute approximate surface area is 143 Å². The fourth-order valence-electron chi connectivity index (χ4n) is 3.45. The van der Waals surface area contributed by atoms with E-state index in [1.807, 2.05) is 0 Å². The molecule has 1 N–H and O–H groups in total. The van der Waals surface area contributed by atoms with Gasteiger partial charge >= 0.3 is 0 Å². The van der Waals surface area contributed by atoms with Gasteiger partial charge in [-0.05, 0) is 31.5 Å². The maximum atomic E-state index is 12.4. The van der Waals surface area contributed by atoms with Gasteiger partial charge in [0.05, 0.1) is 17.5 Å². The van der Waals surface area contributed by atoms with E-state index in [1.165, 1.54) is 5.56 Å². The third kappa shape index (κ3) is 3.36. The molecule has 5 heteroatoms. The topological polar surface area (TPSA) is 52.2 Å². The molecule has 1 aromatic heterocycles. The second-order valence-corrected chi connectivity index (χ2v) is 7.18. The first-order valence-electron chi connectivity index (χ1n) is 8.51. The number of hydrogen-bond acceptors (Lipinski definition) is 3. The molecule has 1 aromatic carbocycles. The number of carbonyl (C=O) groups excluding carboxylic acids is 1. The van der Waals surface area contributed by atoms with E-state index >= 15 is 0 Å². The minimum atomic E-state index is -0.0231. The lowest BCUT2D eigenvalue weighted by molar-refractivity contribution is 0.0822. The van der Waals surface area contributed by atoms with Crippen LogP contribution in [0.3, 0.4) is 0 Å². The molecule has 2 aromatic rings. The summed E-state index contributed by atoms with van der Waals surface area (Å²) in [6, 6.07) is 10.6. The molecule has 0 radical (unpaired) electrons. The quantitative estimate of drug-likeness (QED) is 0.940. The molecule has 0 spiro atoms. The third-order valence-corrected chi connectivity index (χ3v) is 5.09. The molecule has 0 saturated carbocycles. The number of carbonyl (C=O) groups is 1. The van der Waals surface area contributed by atoms with Crippen LogP contribution in [0, 0.1) is 0 Å². The molecule has 5 nitrogen and oxygen atoms in total. The summed E-state index contributed by atoms with van der Waals surface area (Å²) in [6.45, 7) is 5.29. The molecule has 3 rings (SSSR count). The van der Waals surface area contributed by atoms with Crippen LogP contribution in [-0.2, 0) is 12.0 Å². The van der Waals surface area contributed by atoms with Crippen molar-refractivity contribution in [2.24, 2.45) is 0 Å². The predicted molar refractivity (Wildman–Crippen MR) is 94.9 cm³/mol. The van der Waals surface area contributed by atoms with Crippen molar-refractivity contribution in [2.45, 2.75) is 31.7 Å². The fourth-order valence-corrected chi connectivity index (χ4v) is 3.45. The lowest BCUT2D eigenvalue weighted by Crippen LogP contribution is -2.41. The lowest BCUT2D eigenvalue weighted by Gasteiger charge is -2.39. The Morgan fingerprint density at radius 1 is 1.25 bits per heavy atom. The number of amides is 1. The van der Waals surface area contributed by atoms with E-state index in [4.69, 9.17) is 0 Å². The van der Waals surface area contributed by atoms with E-state index in [1.54, 1.807) is 25.2 Å². The highest BCUT2D eigenvalue weighted by molar-refractivity contribution is 5.95. The monoisotopic (exact) mass is 326 g/mol. The SMILES string of the molecule is CN(C)C(=O)c1cn[nH]c1C1(C)CCN(Cc2ccccc2)CC1. The second-order valence-electron chi connectivity index (χ2n) is 7.18. The number of aromatic amines is 1. The highest BCUT2D eigenvalue weighted by atomic mass is 16.2. The van der Waals surface area contributed by atoms with E-state index in [2.05, 4.69) is 52.4 Å². The molecule has 1 amide bonds. The Morgan fingerprint density at radius 3 is 2.54 bits per heavy atom. The minimum absolute atomic E-state index is 0.0201. The van der Waals surface area contributed by atoms with E-state index < -0.39 is 0 Å². The van der Waals surface area contributed by atoms with Gasteiger partial charge in [0.2, 0.25) is 0 Å². The van der Waals surface area contributed by atoms with Crippen LogP contribution < -0.4 is 0 Å². The number of nitrogens with one attached hydrogen (secondary N) is 1. The van der Waals surface area contributed by atoms with Gasteiger partial charge in [-0.15, -0.1) is 0 Å². The number of aromatic nitrogens is 2. The van der Waals surface area contributed by atoms with E-state index in [0.717, 1.165) is 38.2 Å². The maximum absolute atomic E-state index is 12.4. The van der Waals surface area contributed by atoms with Gasteiger partial charge in [0.25, 0.3) is 5.91 Å². The van der Waals surface area contributed by atoms with Crippen molar-refractivity contribution >= 4 is 5.91 Å². The second kappa shape index (κ2) is 6.77. The summed E-state index contributed by atoms with van der Waals surface area (Å²) in [7, 11) is 3.56. The summed E-state index contributed by atoms with van der Waals surface area (Å²) in [4.78, 5) is 16.5. The summed E-state index contributed by atoms with van der Waals surface area (Å²) in [5.74, 6) is 0.0201. The molecule has 1 saturated heterocycles. The van der Waals surface area contributed by atoms with Crippen LogP contribution in [0.25, 0.3) is 0 Å². The Hall–Kier alpha value is -2.14. The van der Waals surface area contributed by atoms with Gasteiger partial charge in [-0.2, -0.15) is 5.10 Å². The van der Waals surface area contributed by atoms with Crippen molar-refractivity contribution in [3.63, 3.8) is 0 Å². The number of likely N-dealkylation sites (tertiary alicyclic amines) is 1.